The summed E-state index contributed by atoms with van der Waals surface area (Å²) < 4.78 is 0. The normalized spacial score (nSPS) is 19.2. The summed E-state index contributed by atoms with van der Waals surface area (Å²) in [6, 6.07) is 2.55. The van der Waals surface area contributed by atoms with Gasteiger partial charge in [0.25, 0.3) is 0 Å². The second-order valence-electron chi connectivity index (χ2n) is 4.91. The average Bonchev–Trinajstić information content (AvgIpc) is 2.28. The van der Waals surface area contributed by atoms with Crippen LogP contribution in [-0.2, 0) is 6.42 Å². The molecule has 1 aromatic heterocycles. The van der Waals surface area contributed by atoms with E-state index in [-0.39, 0.29) is 0 Å². The Morgan fingerprint density at radius 1 is 1.24 bits per heavy atom. The first-order valence-corrected chi connectivity index (χ1v) is 6.41. The van der Waals surface area contributed by atoms with Crippen molar-refractivity contribution in [3.63, 3.8) is 0 Å². The van der Waals surface area contributed by atoms with E-state index in [0.717, 1.165) is 49.8 Å². The largest absolute Gasteiger partial charge is 0.314 e. The molecule has 1 aliphatic heterocycles. The Bertz CT molecular complexity index is 351. The molecule has 0 saturated carbocycles. The van der Waals surface area contributed by atoms with Crippen molar-refractivity contribution in [2.45, 2.75) is 33.2 Å². The van der Waals surface area contributed by atoms with Crippen LogP contribution in [0.1, 0.15) is 24.1 Å². The van der Waals surface area contributed by atoms with Crippen molar-refractivity contribution >= 4 is 0 Å². The second-order valence-corrected chi connectivity index (χ2v) is 4.91. The maximum atomic E-state index is 4.52. The quantitative estimate of drug-likeness (QED) is 0.845. The van der Waals surface area contributed by atoms with E-state index in [1.807, 2.05) is 19.9 Å². The lowest BCUT2D eigenvalue weighted by Crippen LogP contribution is -2.48. The Kier molecular flexibility index (Phi) is 4.07. The van der Waals surface area contributed by atoms with Gasteiger partial charge in [0.1, 0.15) is 5.82 Å². The van der Waals surface area contributed by atoms with Crippen molar-refractivity contribution in [1.29, 1.82) is 0 Å². The van der Waals surface area contributed by atoms with Gasteiger partial charge in [-0.3, -0.25) is 4.90 Å². The summed E-state index contributed by atoms with van der Waals surface area (Å²) in [6.07, 6.45) is 0.947. The molecule has 94 valence electrons. The number of piperazine rings is 1. The molecule has 0 spiro atoms. The molecule has 4 nitrogen and oxygen atoms in total. The SMILES string of the molecule is Cc1cc(C)nc(CC(C)N2CCNCC2)n1. The molecule has 1 aromatic rings. The van der Waals surface area contributed by atoms with Crippen molar-refractivity contribution in [3.05, 3.63) is 23.3 Å². The monoisotopic (exact) mass is 234 g/mol. The maximum absolute atomic E-state index is 4.52. The zero-order valence-electron chi connectivity index (χ0n) is 11.0. The van der Waals surface area contributed by atoms with E-state index >= 15 is 0 Å². The number of aryl methyl sites for hydroxylation is 2. The van der Waals surface area contributed by atoms with Crippen LogP contribution in [0.15, 0.2) is 6.07 Å². The summed E-state index contributed by atoms with van der Waals surface area (Å²) in [7, 11) is 0. The highest BCUT2D eigenvalue weighted by Crippen LogP contribution is 2.08. The van der Waals surface area contributed by atoms with Gasteiger partial charge in [0.2, 0.25) is 0 Å². The number of aromatic nitrogens is 2. The number of hydrogen-bond acceptors (Lipinski definition) is 4. The Hall–Kier alpha value is -1.00. The number of nitrogens with zero attached hydrogens (tertiary/aromatic N) is 3. The highest BCUT2D eigenvalue weighted by atomic mass is 15.2. The number of rotatable bonds is 3. The Morgan fingerprint density at radius 3 is 2.41 bits per heavy atom. The number of hydrogen-bond donors (Lipinski definition) is 1. The minimum atomic E-state index is 0.526. The summed E-state index contributed by atoms with van der Waals surface area (Å²) in [4.78, 5) is 11.5. The molecule has 2 rings (SSSR count). The Labute approximate surface area is 103 Å². The predicted molar refractivity (Wildman–Crippen MR) is 69.1 cm³/mol. The van der Waals surface area contributed by atoms with Crippen LogP contribution in [0.25, 0.3) is 0 Å². The fraction of sp³-hybridized carbons (Fsp3) is 0.692. The van der Waals surface area contributed by atoms with Gasteiger partial charge in [-0.25, -0.2) is 9.97 Å². The van der Waals surface area contributed by atoms with Crippen LogP contribution in [-0.4, -0.2) is 47.1 Å². The molecule has 0 radical (unpaired) electrons. The van der Waals surface area contributed by atoms with Crippen LogP contribution in [0.4, 0.5) is 0 Å². The van der Waals surface area contributed by atoms with Crippen LogP contribution >= 0.6 is 0 Å². The van der Waals surface area contributed by atoms with Crippen molar-refractivity contribution in [3.8, 4) is 0 Å². The van der Waals surface area contributed by atoms with Gasteiger partial charge >= 0.3 is 0 Å². The van der Waals surface area contributed by atoms with E-state index in [9.17, 15) is 0 Å². The van der Waals surface area contributed by atoms with Crippen LogP contribution in [0, 0.1) is 13.8 Å². The predicted octanol–water partition coefficient (Wildman–Crippen LogP) is 0.930. The first-order valence-electron chi connectivity index (χ1n) is 6.41. The maximum Gasteiger partial charge on any atom is 0.130 e. The molecule has 4 heteroatoms. The highest BCUT2D eigenvalue weighted by Gasteiger charge is 2.17. The number of nitrogens with one attached hydrogen (secondary N) is 1. The Morgan fingerprint density at radius 2 is 1.82 bits per heavy atom. The molecule has 2 heterocycles. The van der Waals surface area contributed by atoms with Gasteiger partial charge in [-0.2, -0.15) is 0 Å². The lowest BCUT2D eigenvalue weighted by Gasteiger charge is -2.32. The van der Waals surface area contributed by atoms with Crippen LogP contribution in [0.2, 0.25) is 0 Å². The molecule has 1 fully saturated rings. The molecular formula is C13H22N4. The van der Waals surface area contributed by atoms with Crippen molar-refractivity contribution in [2.24, 2.45) is 0 Å². The zero-order chi connectivity index (χ0) is 12.3. The van der Waals surface area contributed by atoms with Gasteiger partial charge in [0, 0.05) is 50.0 Å². The van der Waals surface area contributed by atoms with Gasteiger partial charge in [-0.15, -0.1) is 0 Å². The summed E-state index contributed by atoms with van der Waals surface area (Å²) in [5.41, 5.74) is 2.14. The standard InChI is InChI=1S/C13H22N4/c1-10-8-11(2)16-13(15-10)9-12(3)17-6-4-14-5-7-17/h8,12,14H,4-7,9H2,1-3H3. The van der Waals surface area contributed by atoms with Crippen molar-refractivity contribution in [1.82, 2.24) is 20.2 Å². The van der Waals surface area contributed by atoms with Gasteiger partial charge in [-0.1, -0.05) is 0 Å². The minimum Gasteiger partial charge on any atom is -0.314 e. The fourth-order valence-corrected chi connectivity index (χ4v) is 2.41. The van der Waals surface area contributed by atoms with Gasteiger partial charge < -0.3 is 5.32 Å². The first-order chi connectivity index (χ1) is 8.15. The van der Waals surface area contributed by atoms with Crippen molar-refractivity contribution in [2.75, 3.05) is 26.2 Å². The lowest BCUT2D eigenvalue weighted by molar-refractivity contribution is 0.181. The van der Waals surface area contributed by atoms with Gasteiger partial charge in [-0.05, 0) is 26.8 Å². The minimum absolute atomic E-state index is 0.526. The summed E-state index contributed by atoms with van der Waals surface area (Å²) in [5, 5.41) is 3.38. The zero-order valence-corrected chi connectivity index (χ0v) is 11.0. The molecular weight excluding hydrogens is 212 g/mol. The molecule has 0 bridgehead atoms. The van der Waals surface area contributed by atoms with Crippen LogP contribution in [0.3, 0.4) is 0 Å². The van der Waals surface area contributed by atoms with Crippen molar-refractivity contribution < 1.29 is 0 Å². The van der Waals surface area contributed by atoms with Gasteiger partial charge in [0.15, 0.2) is 0 Å². The van der Waals surface area contributed by atoms with E-state index in [1.54, 1.807) is 0 Å². The molecule has 17 heavy (non-hydrogen) atoms. The molecule has 1 unspecified atom stereocenters. The van der Waals surface area contributed by atoms with E-state index in [1.165, 1.54) is 0 Å². The Balaban J connectivity index is 1.99. The second kappa shape index (κ2) is 5.56. The van der Waals surface area contributed by atoms with Crippen LogP contribution in [0.5, 0.6) is 0 Å². The molecule has 0 aliphatic carbocycles. The first kappa shape index (κ1) is 12.5. The van der Waals surface area contributed by atoms with Crippen LogP contribution < -0.4 is 5.32 Å². The third-order valence-electron chi connectivity index (χ3n) is 3.28. The molecule has 1 aliphatic rings. The van der Waals surface area contributed by atoms with E-state index in [2.05, 4.69) is 27.1 Å². The van der Waals surface area contributed by atoms with E-state index < -0.39 is 0 Å². The summed E-state index contributed by atoms with van der Waals surface area (Å²) >= 11 is 0. The molecule has 1 atom stereocenters. The van der Waals surface area contributed by atoms with E-state index in [4.69, 9.17) is 0 Å². The topological polar surface area (TPSA) is 41.1 Å². The molecule has 1 N–H and O–H groups in total. The smallest absolute Gasteiger partial charge is 0.130 e. The average molecular weight is 234 g/mol. The van der Waals surface area contributed by atoms with E-state index in [0.29, 0.717) is 6.04 Å². The third-order valence-corrected chi connectivity index (χ3v) is 3.28. The highest BCUT2D eigenvalue weighted by molar-refractivity contribution is 5.09. The summed E-state index contributed by atoms with van der Waals surface area (Å²) in [5.74, 6) is 0.980. The molecule has 0 amide bonds. The molecule has 0 aromatic carbocycles. The fourth-order valence-electron chi connectivity index (χ4n) is 2.41. The summed E-state index contributed by atoms with van der Waals surface area (Å²) in [6.45, 7) is 10.8. The van der Waals surface area contributed by atoms with Gasteiger partial charge in [0.05, 0.1) is 0 Å². The molecule has 1 saturated heterocycles. The third kappa shape index (κ3) is 3.48. The lowest BCUT2D eigenvalue weighted by atomic mass is 10.1.